The number of allylic oxidation sites excluding steroid dienone is 1. The normalized spacial score (nSPS) is 37.5. The lowest BCUT2D eigenvalue weighted by Crippen LogP contribution is -2.56. The smallest absolute Gasteiger partial charge is 0.314 e. The molecule has 0 spiro atoms. The van der Waals surface area contributed by atoms with Crippen LogP contribution in [0.2, 0.25) is 0 Å². The van der Waals surface area contributed by atoms with Crippen molar-refractivity contribution in [3.8, 4) is 0 Å². The number of carboxylic acid groups (broad SMARTS) is 2. The van der Waals surface area contributed by atoms with Crippen molar-refractivity contribution in [1.29, 1.82) is 0 Å². The Morgan fingerprint density at radius 2 is 1.74 bits per heavy atom. The summed E-state index contributed by atoms with van der Waals surface area (Å²) in [7, 11) is 0. The van der Waals surface area contributed by atoms with Crippen molar-refractivity contribution >= 4 is 11.9 Å². The van der Waals surface area contributed by atoms with E-state index in [1.807, 2.05) is 0 Å². The third-order valence-corrected chi connectivity index (χ3v) is 4.37. The van der Waals surface area contributed by atoms with Gasteiger partial charge in [-0.05, 0) is 26.7 Å². The molecule has 5 heteroatoms. The summed E-state index contributed by atoms with van der Waals surface area (Å²) >= 11 is 0. The monoisotopic (exact) mass is 268 g/mol. The highest BCUT2D eigenvalue weighted by Gasteiger charge is 2.68. The van der Waals surface area contributed by atoms with E-state index in [1.54, 1.807) is 19.9 Å². The van der Waals surface area contributed by atoms with Crippen LogP contribution in [0.5, 0.6) is 0 Å². The predicted octanol–water partition coefficient (Wildman–Crippen LogP) is 2.07. The van der Waals surface area contributed by atoms with E-state index in [0.29, 0.717) is 19.4 Å². The second-order valence-corrected chi connectivity index (χ2v) is 5.80. The van der Waals surface area contributed by atoms with Gasteiger partial charge in [0.1, 0.15) is 10.8 Å². The Bertz CT molecular complexity index is 433. The topological polar surface area (TPSA) is 87.1 Å². The first-order valence-corrected chi connectivity index (χ1v) is 6.61. The first kappa shape index (κ1) is 14.1. The van der Waals surface area contributed by atoms with Crippen LogP contribution in [0.4, 0.5) is 0 Å². The lowest BCUT2D eigenvalue weighted by atomic mass is 9.53. The summed E-state index contributed by atoms with van der Waals surface area (Å²) in [5.74, 6) is -2.10. The fourth-order valence-corrected chi connectivity index (χ4v) is 3.52. The maximum absolute atomic E-state index is 11.9. The Balaban J connectivity index is 2.61. The highest BCUT2D eigenvalue weighted by molar-refractivity contribution is 5.89. The van der Waals surface area contributed by atoms with Gasteiger partial charge in [0.2, 0.25) is 0 Å². The van der Waals surface area contributed by atoms with Crippen LogP contribution in [0, 0.1) is 10.8 Å². The number of epoxide rings is 1. The van der Waals surface area contributed by atoms with Gasteiger partial charge in [-0.3, -0.25) is 9.59 Å². The maximum Gasteiger partial charge on any atom is 0.314 e. The van der Waals surface area contributed by atoms with Crippen molar-refractivity contribution in [2.45, 2.75) is 45.6 Å². The van der Waals surface area contributed by atoms with Crippen LogP contribution >= 0.6 is 0 Å². The third kappa shape index (κ3) is 1.96. The maximum atomic E-state index is 11.9. The van der Waals surface area contributed by atoms with Gasteiger partial charge < -0.3 is 14.9 Å². The summed E-state index contributed by atoms with van der Waals surface area (Å²) in [6, 6.07) is 0. The molecule has 0 radical (unpaired) electrons. The average molecular weight is 268 g/mol. The summed E-state index contributed by atoms with van der Waals surface area (Å²) in [4.78, 5) is 23.8. The van der Waals surface area contributed by atoms with Crippen molar-refractivity contribution in [1.82, 2.24) is 0 Å². The van der Waals surface area contributed by atoms with Gasteiger partial charge in [0, 0.05) is 0 Å². The molecule has 1 saturated carbocycles. The van der Waals surface area contributed by atoms with Crippen LogP contribution in [0.1, 0.15) is 39.5 Å². The van der Waals surface area contributed by atoms with E-state index >= 15 is 0 Å². The average Bonchev–Trinajstić information content (AvgIpc) is 3.12. The van der Waals surface area contributed by atoms with Crippen LogP contribution in [0.15, 0.2) is 11.6 Å². The third-order valence-electron chi connectivity index (χ3n) is 4.37. The summed E-state index contributed by atoms with van der Waals surface area (Å²) in [6.07, 6.45) is 3.35. The van der Waals surface area contributed by atoms with E-state index < -0.39 is 28.9 Å². The van der Waals surface area contributed by atoms with E-state index in [-0.39, 0.29) is 0 Å². The Hall–Kier alpha value is -1.36. The van der Waals surface area contributed by atoms with Crippen molar-refractivity contribution < 1.29 is 24.5 Å². The minimum absolute atomic E-state index is 0.345. The number of hydrogen-bond donors (Lipinski definition) is 2. The molecule has 2 fully saturated rings. The Morgan fingerprint density at radius 3 is 2.16 bits per heavy atom. The Labute approximate surface area is 112 Å². The van der Waals surface area contributed by atoms with E-state index in [0.717, 1.165) is 18.4 Å². The molecule has 1 aliphatic carbocycles. The Kier molecular flexibility index (Phi) is 3.43. The molecular formula is C14H20O5. The molecule has 2 N–H and O–H groups in total. The Morgan fingerprint density at radius 1 is 1.16 bits per heavy atom. The number of carbonyl (C=O) groups is 2. The summed E-state index contributed by atoms with van der Waals surface area (Å²) < 4.78 is 5.23. The van der Waals surface area contributed by atoms with E-state index in [9.17, 15) is 19.8 Å². The molecule has 2 aliphatic rings. The standard InChI is InChI=1S/C14H20O5/c1-9(2)7-13(11(15)16)5-3-4-6-14(13,12(17)18)10-8-19-10/h7,10H,3-6,8H2,1-2H3,(H,15,16)(H,17,18). The molecule has 0 aromatic rings. The van der Waals surface area contributed by atoms with Gasteiger partial charge in [-0.2, -0.15) is 0 Å². The van der Waals surface area contributed by atoms with Gasteiger partial charge >= 0.3 is 11.9 Å². The number of carboxylic acids is 2. The molecule has 5 nitrogen and oxygen atoms in total. The minimum atomic E-state index is -1.35. The molecule has 2 rings (SSSR count). The first-order chi connectivity index (χ1) is 8.87. The summed E-state index contributed by atoms with van der Waals surface area (Å²) in [6.45, 7) is 3.96. The molecule has 0 bridgehead atoms. The molecule has 0 aromatic heterocycles. The van der Waals surface area contributed by atoms with Gasteiger partial charge in [0.15, 0.2) is 0 Å². The molecule has 1 aliphatic heterocycles. The highest BCUT2D eigenvalue weighted by atomic mass is 16.6. The van der Waals surface area contributed by atoms with Gasteiger partial charge in [0.25, 0.3) is 0 Å². The van der Waals surface area contributed by atoms with Crippen LogP contribution in [0.25, 0.3) is 0 Å². The van der Waals surface area contributed by atoms with Gasteiger partial charge in [-0.25, -0.2) is 0 Å². The highest BCUT2D eigenvalue weighted by Crippen LogP contribution is 2.58. The van der Waals surface area contributed by atoms with Gasteiger partial charge in [-0.1, -0.05) is 24.5 Å². The summed E-state index contributed by atoms with van der Waals surface area (Å²) in [5.41, 5.74) is -1.85. The van der Waals surface area contributed by atoms with Crippen LogP contribution in [-0.4, -0.2) is 34.9 Å². The fourth-order valence-electron chi connectivity index (χ4n) is 3.52. The van der Waals surface area contributed by atoms with E-state index in [4.69, 9.17) is 4.74 Å². The van der Waals surface area contributed by atoms with Gasteiger partial charge in [-0.15, -0.1) is 0 Å². The zero-order valence-electron chi connectivity index (χ0n) is 11.3. The molecule has 19 heavy (non-hydrogen) atoms. The molecule has 1 saturated heterocycles. The van der Waals surface area contributed by atoms with E-state index in [1.165, 1.54) is 0 Å². The minimum Gasteiger partial charge on any atom is -0.481 e. The van der Waals surface area contributed by atoms with E-state index in [2.05, 4.69) is 0 Å². The second kappa shape index (κ2) is 4.63. The molecule has 1 heterocycles. The molecule has 0 amide bonds. The number of rotatable bonds is 4. The quantitative estimate of drug-likeness (QED) is 0.602. The van der Waals surface area contributed by atoms with Crippen molar-refractivity contribution in [3.05, 3.63) is 11.6 Å². The zero-order valence-corrected chi connectivity index (χ0v) is 11.3. The molecular weight excluding hydrogens is 248 g/mol. The molecule has 106 valence electrons. The van der Waals surface area contributed by atoms with Crippen LogP contribution in [0.3, 0.4) is 0 Å². The molecule has 0 aromatic carbocycles. The largest absolute Gasteiger partial charge is 0.481 e. The summed E-state index contributed by atoms with van der Waals surface area (Å²) in [5, 5.41) is 19.5. The molecule has 3 unspecified atom stereocenters. The van der Waals surface area contributed by atoms with Crippen molar-refractivity contribution in [2.75, 3.05) is 6.61 Å². The number of hydrogen-bond acceptors (Lipinski definition) is 3. The van der Waals surface area contributed by atoms with Crippen LogP contribution in [-0.2, 0) is 14.3 Å². The predicted molar refractivity (Wildman–Crippen MR) is 67.8 cm³/mol. The lowest BCUT2D eigenvalue weighted by Gasteiger charge is -2.46. The SMILES string of the molecule is CC(C)=CC1(C(=O)O)CCCCC1(C(=O)O)C1CO1. The number of aliphatic carboxylic acids is 2. The number of ether oxygens (including phenoxy) is 1. The lowest BCUT2D eigenvalue weighted by molar-refractivity contribution is -0.176. The van der Waals surface area contributed by atoms with Crippen molar-refractivity contribution in [3.63, 3.8) is 0 Å². The van der Waals surface area contributed by atoms with Crippen molar-refractivity contribution in [2.24, 2.45) is 10.8 Å². The van der Waals surface area contributed by atoms with Gasteiger partial charge in [0.05, 0.1) is 12.7 Å². The molecule has 3 atom stereocenters. The fraction of sp³-hybridized carbons (Fsp3) is 0.714. The first-order valence-electron chi connectivity index (χ1n) is 6.61. The van der Waals surface area contributed by atoms with Crippen LogP contribution < -0.4 is 0 Å². The zero-order chi connectivity index (χ0) is 14.3. The second-order valence-electron chi connectivity index (χ2n) is 5.80.